The molecule has 14 N–H and O–H groups in total. The number of aromatic amines is 2. The summed E-state index contributed by atoms with van der Waals surface area (Å²) in [5.74, 6) is -5.39. The molecule has 4 aromatic heterocycles. The highest BCUT2D eigenvalue weighted by molar-refractivity contribution is 5.90. The number of aromatic nitrogens is 8. The van der Waals surface area contributed by atoms with Crippen LogP contribution in [0, 0.1) is 6.92 Å². The molecule has 0 saturated heterocycles. The standard InChI is InChI=1S/C39H57N19O11/c1-23-15-57(39(69)52-35(23)66)20-30(63)55(18-28(61)48-24(33(42)65)5-3-4-7-40)14-10-46-27(60)17-54(31(64)21-58-22-47-32-34(58)50-37(43)51-36(32)67)13-9-45-26(59)16-53(12-8-44-2)29(62)19-56-11-6-25(41)49-38(56)68/h6,11,15,22,24,44H,3-5,7-10,12-14,16-21,40H2,1-2H3,(H2,42,65)(H,45,59)(H,46,60)(H,48,61)(H2,41,49,68)(H,52,66,69)(H3,43,50,51,67). The number of primary amides is 1. The van der Waals surface area contributed by atoms with Gasteiger partial charge in [-0.3, -0.25) is 62.3 Å². The van der Waals surface area contributed by atoms with Gasteiger partial charge in [-0.1, -0.05) is 0 Å². The Morgan fingerprint density at radius 2 is 1.30 bits per heavy atom. The zero-order valence-corrected chi connectivity index (χ0v) is 38.0. The number of imidazole rings is 1. The van der Waals surface area contributed by atoms with E-state index < -0.39 is 109 Å². The Kier molecular flexibility index (Phi) is 19.8. The summed E-state index contributed by atoms with van der Waals surface area (Å²) in [4.78, 5) is 161. The van der Waals surface area contributed by atoms with Crippen molar-refractivity contribution >= 4 is 64.3 Å². The third kappa shape index (κ3) is 16.2. The maximum Gasteiger partial charge on any atom is 0.349 e. The molecule has 7 amide bonds. The van der Waals surface area contributed by atoms with Gasteiger partial charge < -0.3 is 63.5 Å². The number of hydrogen-bond donors (Lipinski definition) is 10. The molecule has 30 nitrogen and oxygen atoms in total. The van der Waals surface area contributed by atoms with E-state index >= 15 is 0 Å². The molecule has 0 spiro atoms. The van der Waals surface area contributed by atoms with E-state index in [9.17, 15) is 52.7 Å². The van der Waals surface area contributed by atoms with Crippen LogP contribution in [0.25, 0.3) is 11.2 Å². The normalized spacial score (nSPS) is 11.4. The average Bonchev–Trinajstić information content (AvgIpc) is 3.68. The average molecular weight is 968 g/mol. The predicted octanol–water partition coefficient (Wildman–Crippen LogP) is -7.56. The second-order valence-corrected chi connectivity index (χ2v) is 15.5. The van der Waals surface area contributed by atoms with Crippen molar-refractivity contribution in [2.45, 2.75) is 51.9 Å². The Morgan fingerprint density at radius 1 is 0.739 bits per heavy atom. The minimum Gasteiger partial charge on any atom is -0.383 e. The third-order valence-electron chi connectivity index (χ3n) is 10.2. The summed E-state index contributed by atoms with van der Waals surface area (Å²) in [5, 5.41) is 10.6. The van der Waals surface area contributed by atoms with Crippen LogP contribution in [0.1, 0.15) is 24.8 Å². The van der Waals surface area contributed by atoms with E-state index in [4.69, 9.17) is 22.9 Å². The van der Waals surface area contributed by atoms with Crippen LogP contribution < -0.4 is 66.7 Å². The van der Waals surface area contributed by atoms with E-state index in [-0.39, 0.29) is 67.6 Å². The lowest BCUT2D eigenvalue weighted by Gasteiger charge is -2.26. The lowest BCUT2D eigenvalue weighted by molar-refractivity contribution is -0.138. The van der Waals surface area contributed by atoms with Gasteiger partial charge >= 0.3 is 11.4 Å². The highest BCUT2D eigenvalue weighted by Crippen LogP contribution is 2.08. The van der Waals surface area contributed by atoms with E-state index in [0.717, 1.165) is 25.1 Å². The van der Waals surface area contributed by atoms with Crippen LogP contribution in [0.3, 0.4) is 0 Å². The molecule has 0 aliphatic heterocycles. The van der Waals surface area contributed by atoms with Gasteiger partial charge in [0.1, 0.15) is 31.5 Å². The number of nitrogens with zero attached hydrogens (tertiary/aromatic N) is 9. The van der Waals surface area contributed by atoms with E-state index in [2.05, 4.69) is 46.2 Å². The van der Waals surface area contributed by atoms with Crippen molar-refractivity contribution in [2.24, 2.45) is 11.5 Å². The van der Waals surface area contributed by atoms with E-state index in [0.29, 0.717) is 25.9 Å². The van der Waals surface area contributed by atoms with Crippen LogP contribution in [-0.4, -0.2) is 173 Å². The molecule has 1 unspecified atom stereocenters. The van der Waals surface area contributed by atoms with Crippen molar-refractivity contribution < 1.29 is 33.6 Å². The van der Waals surface area contributed by atoms with Gasteiger partial charge in [0.05, 0.1) is 26.0 Å². The molecule has 0 aliphatic rings. The summed E-state index contributed by atoms with van der Waals surface area (Å²) in [5.41, 5.74) is 19.3. The SMILES string of the molecule is CNCCN(CC(=O)NCCN(CC(=O)NCCN(CC(=O)NC(CCCCN)C(N)=O)C(=O)Cn1cc(C)c(=O)[nH]c1=O)C(=O)Cn1cnc2c(=O)[nH]c(N)nc21)C(=O)Cn1ccc(N)nc1=O. The number of nitrogens with one attached hydrogen (secondary N) is 6. The molecule has 0 radical (unpaired) electrons. The number of carbonyl (C=O) groups excluding carboxylic acids is 7. The molecule has 0 aromatic carbocycles. The molecule has 30 heteroatoms. The molecule has 374 valence electrons. The molecule has 69 heavy (non-hydrogen) atoms. The van der Waals surface area contributed by atoms with Crippen LogP contribution in [0.4, 0.5) is 11.8 Å². The fourth-order valence-electron chi connectivity index (χ4n) is 6.56. The topological polar surface area (TPSA) is 435 Å². The van der Waals surface area contributed by atoms with Crippen molar-refractivity contribution in [1.29, 1.82) is 0 Å². The van der Waals surface area contributed by atoms with Crippen molar-refractivity contribution in [1.82, 2.24) is 74.6 Å². The van der Waals surface area contributed by atoms with E-state index in [1.54, 1.807) is 7.05 Å². The summed E-state index contributed by atoms with van der Waals surface area (Å²) >= 11 is 0. The van der Waals surface area contributed by atoms with E-state index in [1.807, 2.05) is 0 Å². The van der Waals surface area contributed by atoms with Gasteiger partial charge in [-0.25, -0.2) is 14.6 Å². The fraction of sp³-hybridized carbons (Fsp3) is 0.487. The number of nitrogen functional groups attached to an aromatic ring is 2. The number of fused-ring (bicyclic) bond motifs is 1. The van der Waals surface area contributed by atoms with Gasteiger partial charge in [0.15, 0.2) is 11.2 Å². The number of H-pyrrole nitrogens is 2. The smallest absolute Gasteiger partial charge is 0.349 e. The first kappa shape index (κ1) is 53.3. The van der Waals surface area contributed by atoms with Crippen molar-refractivity contribution in [3.8, 4) is 0 Å². The van der Waals surface area contributed by atoms with Crippen LogP contribution in [0.15, 0.2) is 44.0 Å². The molecule has 4 heterocycles. The number of rotatable bonds is 27. The summed E-state index contributed by atoms with van der Waals surface area (Å²) in [6.45, 7) is -2.31. The van der Waals surface area contributed by atoms with Gasteiger partial charge in [0, 0.05) is 57.2 Å². The summed E-state index contributed by atoms with van der Waals surface area (Å²) < 4.78 is 3.18. The van der Waals surface area contributed by atoms with Crippen molar-refractivity contribution in [3.63, 3.8) is 0 Å². The maximum atomic E-state index is 13.9. The zero-order valence-electron chi connectivity index (χ0n) is 38.0. The highest BCUT2D eigenvalue weighted by atomic mass is 16.2. The molecule has 1 atom stereocenters. The highest BCUT2D eigenvalue weighted by Gasteiger charge is 2.25. The first-order valence-corrected chi connectivity index (χ1v) is 21.4. The quantitative estimate of drug-likeness (QED) is 0.0248. The van der Waals surface area contributed by atoms with Gasteiger partial charge in [-0.15, -0.1) is 0 Å². The molecule has 4 aromatic rings. The Hall–Kier alpha value is -8.28. The van der Waals surface area contributed by atoms with Crippen molar-refractivity contribution in [3.05, 3.63) is 72.0 Å². The Labute approximate surface area is 391 Å². The van der Waals surface area contributed by atoms with Gasteiger partial charge in [0.25, 0.3) is 11.1 Å². The lowest BCUT2D eigenvalue weighted by atomic mass is 10.1. The number of unbranched alkanes of at least 4 members (excludes halogenated alkanes) is 1. The summed E-state index contributed by atoms with van der Waals surface area (Å²) in [6.07, 6.45) is 4.82. The maximum absolute atomic E-state index is 13.9. The predicted molar refractivity (Wildman–Crippen MR) is 245 cm³/mol. The monoisotopic (exact) mass is 967 g/mol. The van der Waals surface area contributed by atoms with Gasteiger partial charge in [-0.2, -0.15) is 9.97 Å². The van der Waals surface area contributed by atoms with Crippen molar-refractivity contribution in [2.75, 3.05) is 84.0 Å². The lowest BCUT2D eigenvalue weighted by Crippen LogP contribution is -2.51. The van der Waals surface area contributed by atoms with Crippen LogP contribution >= 0.6 is 0 Å². The first-order chi connectivity index (χ1) is 32.8. The second kappa shape index (κ2) is 25.6. The van der Waals surface area contributed by atoms with Crippen LogP contribution in [0.2, 0.25) is 0 Å². The third-order valence-corrected chi connectivity index (χ3v) is 10.2. The Morgan fingerprint density at radius 3 is 1.87 bits per heavy atom. The zero-order chi connectivity index (χ0) is 50.8. The summed E-state index contributed by atoms with van der Waals surface area (Å²) in [6, 6.07) is 0.253. The number of nitrogens with two attached hydrogens (primary N) is 4. The molecule has 0 aliphatic carbocycles. The van der Waals surface area contributed by atoms with Gasteiger partial charge in [0.2, 0.25) is 47.3 Å². The number of carbonyl (C=O) groups is 7. The Bertz CT molecular complexity index is 2740. The second-order valence-electron chi connectivity index (χ2n) is 15.5. The molecular formula is C39H57N19O11. The van der Waals surface area contributed by atoms with Crippen LogP contribution in [0.5, 0.6) is 0 Å². The minimum absolute atomic E-state index is 0.0311. The van der Waals surface area contributed by atoms with E-state index in [1.165, 1.54) is 35.0 Å². The molecule has 0 saturated carbocycles. The number of likely N-dealkylation sites (N-methyl/N-ethyl adjacent to an activating group) is 1. The van der Waals surface area contributed by atoms with Gasteiger partial charge in [-0.05, 0) is 45.8 Å². The molecule has 0 bridgehead atoms. The summed E-state index contributed by atoms with van der Waals surface area (Å²) in [7, 11) is 1.64. The van der Waals surface area contributed by atoms with Crippen LogP contribution in [-0.2, 0) is 53.2 Å². The minimum atomic E-state index is -1.09. The molecule has 0 fully saturated rings. The number of hydrogen-bond acceptors (Lipinski definition) is 18. The fourth-order valence-corrected chi connectivity index (χ4v) is 6.56. The number of aryl methyl sites for hydroxylation is 1. The largest absolute Gasteiger partial charge is 0.383 e. The number of anilines is 2. The Balaban J connectivity index is 1.48. The molecule has 4 rings (SSSR count). The molecular weight excluding hydrogens is 911 g/mol. The first-order valence-electron chi connectivity index (χ1n) is 21.4. The number of amides is 7.